The van der Waals surface area contributed by atoms with Gasteiger partial charge in [-0.15, -0.1) is 0 Å². The molecule has 1 amide bonds. The number of anilines is 1. The lowest BCUT2D eigenvalue weighted by Crippen LogP contribution is -2.34. The predicted octanol–water partition coefficient (Wildman–Crippen LogP) is 2.12. The third-order valence-electron chi connectivity index (χ3n) is 2.23. The minimum absolute atomic E-state index is 0.0195. The van der Waals surface area contributed by atoms with Crippen LogP contribution in [0, 0.1) is 0 Å². The molecule has 0 bridgehead atoms. The third-order valence-corrected chi connectivity index (χ3v) is 2.23. The van der Waals surface area contributed by atoms with Gasteiger partial charge in [-0.25, -0.2) is 4.79 Å². The first-order valence-corrected chi connectivity index (χ1v) is 6.31. The van der Waals surface area contributed by atoms with Crippen LogP contribution in [0.3, 0.4) is 0 Å². The van der Waals surface area contributed by atoms with Crippen molar-refractivity contribution in [2.24, 2.45) is 0 Å². The van der Waals surface area contributed by atoms with E-state index >= 15 is 0 Å². The van der Waals surface area contributed by atoms with E-state index in [4.69, 9.17) is 9.84 Å². The van der Waals surface area contributed by atoms with E-state index in [9.17, 15) is 4.79 Å². The average Bonchev–Trinajstić information content (AvgIpc) is 2.33. The highest BCUT2D eigenvalue weighted by Gasteiger charge is 2.15. The number of rotatable bonds is 5. The number of carbonyl (C=O) groups is 1. The summed E-state index contributed by atoms with van der Waals surface area (Å²) in [5.41, 5.74) is 1.29. The number of nitrogens with one attached hydrogen (secondary N) is 2. The molecular formula is C14H22N2O3. The number of carbonyl (C=O) groups excluding carboxylic acids is 1. The van der Waals surface area contributed by atoms with Crippen molar-refractivity contribution in [3.8, 4) is 0 Å². The molecule has 0 fully saturated rings. The minimum Gasteiger partial charge on any atom is -0.444 e. The van der Waals surface area contributed by atoms with E-state index < -0.39 is 11.7 Å². The van der Waals surface area contributed by atoms with Crippen molar-refractivity contribution in [3.05, 3.63) is 29.8 Å². The Hall–Kier alpha value is -1.75. The molecule has 5 heteroatoms. The summed E-state index contributed by atoms with van der Waals surface area (Å²) in [7, 11) is 0. The second-order valence-corrected chi connectivity index (χ2v) is 5.21. The third kappa shape index (κ3) is 6.67. The van der Waals surface area contributed by atoms with Gasteiger partial charge in [-0.3, -0.25) is 0 Å². The van der Waals surface area contributed by atoms with Gasteiger partial charge in [0.15, 0.2) is 0 Å². The second-order valence-electron chi connectivity index (χ2n) is 5.21. The SMILES string of the molecule is CC(C)(C)OC(=O)NCCNc1cccc(CO)c1. The lowest BCUT2D eigenvalue weighted by atomic mass is 10.2. The molecule has 19 heavy (non-hydrogen) atoms. The molecule has 0 heterocycles. The molecule has 0 aliphatic heterocycles. The van der Waals surface area contributed by atoms with Crippen molar-refractivity contribution in [2.75, 3.05) is 18.4 Å². The van der Waals surface area contributed by atoms with E-state index in [1.54, 1.807) is 0 Å². The molecule has 3 N–H and O–H groups in total. The van der Waals surface area contributed by atoms with E-state index in [1.807, 2.05) is 45.0 Å². The predicted molar refractivity (Wildman–Crippen MR) is 75.1 cm³/mol. The molecule has 106 valence electrons. The first-order chi connectivity index (χ1) is 8.90. The molecule has 0 radical (unpaired) electrons. The highest BCUT2D eigenvalue weighted by Crippen LogP contribution is 2.10. The van der Waals surface area contributed by atoms with Crippen LogP contribution in [-0.4, -0.2) is 29.9 Å². The summed E-state index contributed by atoms with van der Waals surface area (Å²) in [5, 5.41) is 14.8. The molecule has 0 spiro atoms. The van der Waals surface area contributed by atoms with Gasteiger partial charge in [0.1, 0.15) is 5.60 Å². The van der Waals surface area contributed by atoms with Gasteiger partial charge in [0, 0.05) is 18.8 Å². The van der Waals surface area contributed by atoms with Crippen LogP contribution in [0.2, 0.25) is 0 Å². The van der Waals surface area contributed by atoms with E-state index in [0.717, 1.165) is 11.3 Å². The van der Waals surface area contributed by atoms with Crippen LogP contribution in [0.15, 0.2) is 24.3 Å². The maximum absolute atomic E-state index is 11.4. The van der Waals surface area contributed by atoms with Crippen LogP contribution in [0.5, 0.6) is 0 Å². The Labute approximate surface area is 114 Å². The van der Waals surface area contributed by atoms with Crippen molar-refractivity contribution in [1.82, 2.24) is 5.32 Å². The summed E-state index contributed by atoms with van der Waals surface area (Å²) in [6, 6.07) is 7.50. The van der Waals surface area contributed by atoms with Crippen LogP contribution in [-0.2, 0) is 11.3 Å². The summed E-state index contributed by atoms with van der Waals surface area (Å²) in [5.74, 6) is 0. The number of hydrogen-bond acceptors (Lipinski definition) is 4. The Morgan fingerprint density at radius 2 is 2.05 bits per heavy atom. The maximum atomic E-state index is 11.4. The number of benzene rings is 1. The minimum atomic E-state index is -0.479. The average molecular weight is 266 g/mol. The Morgan fingerprint density at radius 1 is 1.32 bits per heavy atom. The number of amides is 1. The Morgan fingerprint density at radius 3 is 2.68 bits per heavy atom. The number of ether oxygens (including phenoxy) is 1. The standard InChI is InChI=1S/C14H22N2O3/c1-14(2,3)19-13(18)16-8-7-15-12-6-4-5-11(9-12)10-17/h4-6,9,15,17H,7-8,10H2,1-3H3,(H,16,18). The first-order valence-electron chi connectivity index (χ1n) is 6.31. The van der Waals surface area contributed by atoms with Gasteiger partial charge in [0.05, 0.1) is 6.61 Å². The number of aliphatic hydroxyl groups is 1. The molecule has 0 aliphatic carbocycles. The zero-order chi connectivity index (χ0) is 14.3. The quantitative estimate of drug-likeness (QED) is 0.714. The fourth-order valence-electron chi connectivity index (χ4n) is 1.47. The highest BCUT2D eigenvalue weighted by atomic mass is 16.6. The van der Waals surface area contributed by atoms with Crippen LogP contribution in [0.25, 0.3) is 0 Å². The Bertz CT molecular complexity index is 413. The second kappa shape index (κ2) is 6.99. The van der Waals surface area contributed by atoms with Gasteiger partial charge in [-0.2, -0.15) is 0 Å². The summed E-state index contributed by atoms with van der Waals surface area (Å²) < 4.78 is 5.12. The Balaban J connectivity index is 2.25. The lowest BCUT2D eigenvalue weighted by Gasteiger charge is -2.19. The summed E-state index contributed by atoms with van der Waals surface area (Å²) in [4.78, 5) is 11.4. The Kier molecular flexibility index (Phi) is 5.63. The lowest BCUT2D eigenvalue weighted by molar-refractivity contribution is 0.0530. The van der Waals surface area contributed by atoms with Crippen LogP contribution in [0.1, 0.15) is 26.3 Å². The molecule has 0 aliphatic rings. The van der Waals surface area contributed by atoms with Crippen molar-refractivity contribution in [3.63, 3.8) is 0 Å². The summed E-state index contributed by atoms with van der Waals surface area (Å²) >= 11 is 0. The molecule has 0 unspecified atom stereocenters. The molecule has 1 rings (SSSR count). The van der Waals surface area contributed by atoms with E-state index in [0.29, 0.717) is 13.1 Å². The zero-order valence-electron chi connectivity index (χ0n) is 11.7. The van der Waals surface area contributed by atoms with Gasteiger partial charge in [0.25, 0.3) is 0 Å². The summed E-state index contributed by atoms with van der Waals surface area (Å²) in [6.07, 6.45) is -0.418. The van der Waals surface area contributed by atoms with E-state index in [1.165, 1.54) is 0 Å². The monoisotopic (exact) mass is 266 g/mol. The molecule has 0 saturated heterocycles. The highest BCUT2D eigenvalue weighted by molar-refractivity contribution is 5.67. The topological polar surface area (TPSA) is 70.6 Å². The fraction of sp³-hybridized carbons (Fsp3) is 0.500. The molecule has 0 atom stereocenters. The van der Waals surface area contributed by atoms with Crippen LogP contribution < -0.4 is 10.6 Å². The van der Waals surface area contributed by atoms with Gasteiger partial charge >= 0.3 is 6.09 Å². The van der Waals surface area contributed by atoms with Crippen molar-refractivity contribution in [2.45, 2.75) is 33.0 Å². The normalized spacial score (nSPS) is 10.9. The van der Waals surface area contributed by atoms with Crippen molar-refractivity contribution in [1.29, 1.82) is 0 Å². The number of alkyl carbamates (subject to hydrolysis) is 1. The van der Waals surface area contributed by atoms with Gasteiger partial charge < -0.3 is 20.5 Å². The van der Waals surface area contributed by atoms with Crippen molar-refractivity contribution < 1.29 is 14.6 Å². The molecule has 0 aromatic heterocycles. The van der Waals surface area contributed by atoms with Crippen LogP contribution >= 0.6 is 0 Å². The van der Waals surface area contributed by atoms with Gasteiger partial charge in [-0.1, -0.05) is 12.1 Å². The molecule has 1 aromatic rings. The fourth-order valence-corrected chi connectivity index (χ4v) is 1.47. The molecule has 5 nitrogen and oxygen atoms in total. The maximum Gasteiger partial charge on any atom is 0.407 e. The molecular weight excluding hydrogens is 244 g/mol. The van der Waals surface area contributed by atoms with E-state index in [-0.39, 0.29) is 6.61 Å². The van der Waals surface area contributed by atoms with Gasteiger partial charge in [0.2, 0.25) is 0 Å². The largest absolute Gasteiger partial charge is 0.444 e. The van der Waals surface area contributed by atoms with Crippen LogP contribution in [0.4, 0.5) is 10.5 Å². The molecule has 0 saturated carbocycles. The molecule has 1 aromatic carbocycles. The smallest absolute Gasteiger partial charge is 0.407 e. The number of hydrogen-bond donors (Lipinski definition) is 3. The zero-order valence-corrected chi connectivity index (χ0v) is 11.7. The number of aliphatic hydroxyl groups excluding tert-OH is 1. The van der Waals surface area contributed by atoms with E-state index in [2.05, 4.69) is 10.6 Å². The first kappa shape index (κ1) is 15.3. The summed E-state index contributed by atoms with van der Waals surface area (Å²) in [6.45, 7) is 6.56. The van der Waals surface area contributed by atoms with Gasteiger partial charge in [-0.05, 0) is 38.5 Å². The van der Waals surface area contributed by atoms with Crippen molar-refractivity contribution >= 4 is 11.8 Å².